The Labute approximate surface area is 172 Å². The van der Waals surface area contributed by atoms with Crippen LogP contribution in [0.4, 0.5) is 0 Å². The zero-order valence-corrected chi connectivity index (χ0v) is 17.3. The number of para-hydroxylation sites is 1. The summed E-state index contributed by atoms with van der Waals surface area (Å²) in [6.45, 7) is 0.601. The van der Waals surface area contributed by atoms with Gasteiger partial charge in [0.2, 0.25) is 0 Å². The Hall–Kier alpha value is -3.36. The topological polar surface area (TPSA) is 105 Å². The SMILES string of the molecule is CON=C1CCn2c(C(=O)[As]c3ccc(C#N)cc3C(=O)O)cc3cccc1c32. The number of hydrogen-bond acceptors (Lipinski definition) is 5. The summed E-state index contributed by atoms with van der Waals surface area (Å²) in [4.78, 5) is 29.7. The molecule has 1 aliphatic heterocycles. The van der Waals surface area contributed by atoms with Crippen molar-refractivity contribution in [3.8, 4) is 6.07 Å². The number of aromatic carboxylic acids is 1. The van der Waals surface area contributed by atoms with Gasteiger partial charge in [-0.2, -0.15) is 0 Å². The molecular weight excluding hydrogens is 433 g/mol. The molecule has 0 spiro atoms. The summed E-state index contributed by atoms with van der Waals surface area (Å²) in [5, 5.41) is 23.5. The third kappa shape index (κ3) is 3.32. The van der Waals surface area contributed by atoms with Crippen LogP contribution in [0.25, 0.3) is 10.9 Å². The Morgan fingerprint density at radius 3 is 2.83 bits per heavy atom. The Bertz CT molecular complexity index is 1240. The van der Waals surface area contributed by atoms with Crippen LogP contribution in [0.2, 0.25) is 0 Å². The number of oxime groups is 1. The number of aromatic nitrogens is 1. The molecule has 3 aromatic rings. The van der Waals surface area contributed by atoms with E-state index in [-0.39, 0.29) is 15.7 Å². The van der Waals surface area contributed by atoms with Gasteiger partial charge in [0.25, 0.3) is 0 Å². The molecule has 8 heteroatoms. The fourth-order valence-corrected chi connectivity index (χ4v) is 5.56. The molecule has 7 nitrogen and oxygen atoms in total. The summed E-state index contributed by atoms with van der Waals surface area (Å²) in [7, 11) is 1.51. The number of carbonyl (C=O) groups excluding carboxylic acids is 1. The van der Waals surface area contributed by atoms with Crippen LogP contribution in [-0.4, -0.2) is 48.8 Å². The van der Waals surface area contributed by atoms with Crippen LogP contribution < -0.4 is 4.35 Å². The van der Waals surface area contributed by atoms with Crippen LogP contribution in [0.15, 0.2) is 47.6 Å². The number of carbonyl (C=O) groups is 2. The maximum atomic E-state index is 13.1. The van der Waals surface area contributed by atoms with Gasteiger partial charge >= 0.3 is 173 Å². The number of nitriles is 1. The Balaban J connectivity index is 1.76. The zero-order chi connectivity index (χ0) is 20.5. The normalized spacial score (nSPS) is 14.4. The second kappa shape index (κ2) is 7.57. The van der Waals surface area contributed by atoms with Gasteiger partial charge in [0.1, 0.15) is 0 Å². The van der Waals surface area contributed by atoms with E-state index in [0.717, 1.165) is 22.2 Å². The molecule has 1 aliphatic rings. The van der Waals surface area contributed by atoms with Gasteiger partial charge in [-0.25, -0.2) is 0 Å². The van der Waals surface area contributed by atoms with Crippen molar-refractivity contribution in [3.05, 3.63) is 64.8 Å². The van der Waals surface area contributed by atoms with E-state index >= 15 is 0 Å². The summed E-state index contributed by atoms with van der Waals surface area (Å²) in [5.74, 6) is -1.13. The summed E-state index contributed by atoms with van der Waals surface area (Å²) in [6, 6.07) is 14.1. The molecular formula is C21H15AsN3O4. The predicted octanol–water partition coefficient (Wildman–Crippen LogP) is 2.14. The van der Waals surface area contributed by atoms with Gasteiger partial charge in [-0.05, 0) is 0 Å². The molecule has 1 N–H and O–H groups in total. The second-order valence-electron chi connectivity index (χ2n) is 6.46. The average molecular weight is 448 g/mol. The van der Waals surface area contributed by atoms with Crippen LogP contribution in [0.5, 0.6) is 0 Å². The standard InChI is InChI=1S/C21H15AsN3O4/c1-29-24-17-7-8-25-18(10-13-3-2-4-14(17)19(13)25)20(26)22-16-6-5-12(11-23)9-15(16)21(27)28/h2-6,9-10H,7-8H2,1H3,(H,27,28). The van der Waals surface area contributed by atoms with Gasteiger partial charge in [0.05, 0.1) is 0 Å². The van der Waals surface area contributed by atoms with Gasteiger partial charge in [-0.15, -0.1) is 0 Å². The Kier molecular flexibility index (Phi) is 4.96. The number of hydrogen-bond donors (Lipinski definition) is 1. The van der Waals surface area contributed by atoms with Crippen LogP contribution in [-0.2, 0) is 11.4 Å². The molecule has 2 heterocycles. The van der Waals surface area contributed by atoms with Crippen LogP contribution in [0, 0.1) is 11.3 Å². The van der Waals surface area contributed by atoms with Crippen molar-refractivity contribution in [2.24, 2.45) is 5.16 Å². The van der Waals surface area contributed by atoms with E-state index in [1.165, 1.54) is 13.2 Å². The fraction of sp³-hybridized carbons (Fsp3) is 0.143. The zero-order valence-electron chi connectivity index (χ0n) is 15.4. The van der Waals surface area contributed by atoms with Crippen molar-refractivity contribution in [2.75, 3.05) is 7.11 Å². The van der Waals surface area contributed by atoms with Crippen LogP contribution in [0.1, 0.15) is 38.4 Å². The van der Waals surface area contributed by atoms with Gasteiger partial charge in [0.15, 0.2) is 0 Å². The molecule has 29 heavy (non-hydrogen) atoms. The number of nitrogens with zero attached hydrogens (tertiary/aromatic N) is 3. The van der Waals surface area contributed by atoms with Crippen LogP contribution in [0.3, 0.4) is 0 Å². The summed E-state index contributed by atoms with van der Waals surface area (Å²) < 4.78 is 2.39. The van der Waals surface area contributed by atoms with E-state index in [9.17, 15) is 14.7 Å². The summed E-state index contributed by atoms with van der Waals surface area (Å²) >= 11 is -1.08. The van der Waals surface area contributed by atoms with Gasteiger partial charge < -0.3 is 0 Å². The van der Waals surface area contributed by atoms with Crippen molar-refractivity contribution >= 4 is 47.3 Å². The first kappa shape index (κ1) is 19.0. The average Bonchev–Trinajstić information content (AvgIpc) is 3.10. The van der Waals surface area contributed by atoms with Crippen molar-refractivity contribution in [1.29, 1.82) is 5.26 Å². The molecule has 0 amide bonds. The first-order chi connectivity index (χ1) is 14.0. The van der Waals surface area contributed by atoms with Crippen LogP contribution >= 0.6 is 0 Å². The van der Waals surface area contributed by atoms with Crippen molar-refractivity contribution in [1.82, 2.24) is 4.57 Å². The molecule has 0 aliphatic carbocycles. The van der Waals surface area contributed by atoms with Crippen molar-refractivity contribution < 1.29 is 19.5 Å². The summed E-state index contributed by atoms with van der Waals surface area (Å²) in [6.07, 6.45) is 0.642. The molecule has 0 saturated carbocycles. The second-order valence-corrected chi connectivity index (χ2v) is 8.79. The Morgan fingerprint density at radius 2 is 2.10 bits per heavy atom. The number of benzene rings is 2. The molecule has 1 radical (unpaired) electrons. The summed E-state index contributed by atoms with van der Waals surface area (Å²) in [5.41, 5.74) is 3.58. The maximum absolute atomic E-state index is 13.1. The predicted molar refractivity (Wildman–Crippen MR) is 108 cm³/mol. The molecule has 1 aromatic heterocycles. The first-order valence-electron chi connectivity index (χ1n) is 8.79. The minimum atomic E-state index is -1.13. The van der Waals surface area contributed by atoms with Gasteiger partial charge in [0, 0.05) is 0 Å². The number of carboxylic acid groups (broad SMARTS) is 1. The fourth-order valence-electron chi connectivity index (χ4n) is 3.57. The number of rotatable bonds is 5. The van der Waals surface area contributed by atoms with E-state index in [2.05, 4.69) is 5.16 Å². The van der Waals surface area contributed by atoms with Gasteiger partial charge in [-0.3, -0.25) is 0 Å². The number of aryl methyl sites for hydroxylation is 1. The Morgan fingerprint density at radius 1 is 1.28 bits per heavy atom. The van der Waals surface area contributed by atoms with E-state index in [0.29, 0.717) is 23.0 Å². The molecule has 0 unspecified atom stereocenters. The third-order valence-corrected chi connectivity index (χ3v) is 7.03. The van der Waals surface area contributed by atoms with Crippen molar-refractivity contribution in [3.63, 3.8) is 0 Å². The molecule has 0 bridgehead atoms. The van der Waals surface area contributed by atoms with Gasteiger partial charge in [-0.1, -0.05) is 0 Å². The van der Waals surface area contributed by atoms with E-state index in [4.69, 9.17) is 10.1 Å². The molecule has 0 fully saturated rings. The van der Waals surface area contributed by atoms with E-state index < -0.39 is 21.7 Å². The third-order valence-electron chi connectivity index (χ3n) is 4.80. The van der Waals surface area contributed by atoms with Crippen molar-refractivity contribution in [2.45, 2.75) is 13.0 Å². The van der Waals surface area contributed by atoms with E-state index in [1.54, 1.807) is 12.1 Å². The van der Waals surface area contributed by atoms with E-state index in [1.807, 2.05) is 34.9 Å². The molecule has 4 rings (SSSR count). The number of carboxylic acids is 1. The molecule has 2 aromatic carbocycles. The molecule has 143 valence electrons. The quantitative estimate of drug-likeness (QED) is 0.476. The monoisotopic (exact) mass is 448 g/mol. The molecule has 0 atom stereocenters. The molecule has 0 saturated heterocycles. The minimum absolute atomic E-state index is 0.0161. The first-order valence-corrected chi connectivity index (χ1v) is 10.7.